The van der Waals surface area contributed by atoms with Gasteiger partial charge in [-0.05, 0) is 5.92 Å². The Labute approximate surface area is 91.0 Å². The zero-order valence-electron chi connectivity index (χ0n) is 9.53. The Kier molecular flexibility index (Phi) is 8.27. The van der Waals surface area contributed by atoms with Gasteiger partial charge in [-0.3, -0.25) is 4.79 Å². The number of nitrogens with two attached hydrogens (primary N) is 1. The van der Waals surface area contributed by atoms with Gasteiger partial charge in [0.05, 0.1) is 25.9 Å². The van der Waals surface area contributed by atoms with Crippen LogP contribution in [0.5, 0.6) is 0 Å². The van der Waals surface area contributed by atoms with E-state index in [1.165, 1.54) is 0 Å². The third-order valence-electron chi connectivity index (χ3n) is 2.34. The molecule has 0 fully saturated rings. The van der Waals surface area contributed by atoms with E-state index in [1.54, 1.807) is 0 Å². The minimum Gasteiger partial charge on any atom is -0.394 e. The Balaban J connectivity index is 3.56. The molecule has 2 atom stereocenters. The van der Waals surface area contributed by atoms with Crippen LogP contribution in [0.25, 0.3) is 0 Å². The molecule has 0 bridgehead atoms. The van der Waals surface area contributed by atoms with E-state index in [4.69, 9.17) is 15.6 Å². The normalized spacial score (nSPS) is 14.7. The number of amides is 1. The smallest absolute Gasteiger partial charge is 0.237 e. The number of hydrogen-bond donors (Lipinski definition) is 3. The van der Waals surface area contributed by atoms with E-state index in [0.29, 0.717) is 19.8 Å². The molecule has 0 aliphatic rings. The summed E-state index contributed by atoms with van der Waals surface area (Å²) in [5, 5.41) is 11.1. The van der Waals surface area contributed by atoms with E-state index in [0.717, 1.165) is 6.42 Å². The summed E-state index contributed by atoms with van der Waals surface area (Å²) in [5.74, 6) is 0.0420. The first-order valence-electron chi connectivity index (χ1n) is 5.35. The van der Waals surface area contributed by atoms with Gasteiger partial charge in [0.1, 0.15) is 0 Å². The molecule has 0 spiro atoms. The lowest BCUT2D eigenvalue weighted by molar-refractivity contribution is -0.123. The molecule has 5 heteroatoms. The van der Waals surface area contributed by atoms with E-state index in [9.17, 15) is 4.79 Å². The van der Waals surface area contributed by atoms with Gasteiger partial charge >= 0.3 is 0 Å². The van der Waals surface area contributed by atoms with Crippen molar-refractivity contribution in [3.05, 3.63) is 0 Å². The Bertz CT molecular complexity index is 176. The van der Waals surface area contributed by atoms with Crippen molar-refractivity contribution in [2.75, 3.05) is 26.4 Å². The third-order valence-corrected chi connectivity index (χ3v) is 2.34. The monoisotopic (exact) mass is 218 g/mol. The second-order valence-electron chi connectivity index (χ2n) is 3.54. The average molecular weight is 218 g/mol. The fraction of sp³-hybridized carbons (Fsp3) is 0.900. The Morgan fingerprint density at radius 3 is 2.73 bits per heavy atom. The van der Waals surface area contributed by atoms with Crippen LogP contribution < -0.4 is 11.1 Å². The predicted molar refractivity (Wildman–Crippen MR) is 58.3 cm³/mol. The van der Waals surface area contributed by atoms with E-state index < -0.39 is 6.04 Å². The van der Waals surface area contributed by atoms with Crippen LogP contribution in [0.2, 0.25) is 0 Å². The number of ether oxygens (including phenoxy) is 1. The van der Waals surface area contributed by atoms with Crippen LogP contribution in [-0.2, 0) is 9.53 Å². The molecule has 90 valence electrons. The lowest BCUT2D eigenvalue weighted by Crippen LogP contribution is -2.45. The minimum absolute atomic E-state index is 0.000326. The van der Waals surface area contributed by atoms with E-state index >= 15 is 0 Å². The van der Waals surface area contributed by atoms with Crippen molar-refractivity contribution in [3.8, 4) is 0 Å². The predicted octanol–water partition coefficient (Wildman–Crippen LogP) is -0.515. The molecular formula is C10H22N2O3. The largest absolute Gasteiger partial charge is 0.394 e. The fourth-order valence-electron chi connectivity index (χ4n) is 1.04. The van der Waals surface area contributed by atoms with Crippen LogP contribution in [0.3, 0.4) is 0 Å². The lowest BCUT2D eigenvalue weighted by Gasteiger charge is -2.17. The maximum absolute atomic E-state index is 11.4. The van der Waals surface area contributed by atoms with Crippen molar-refractivity contribution in [2.45, 2.75) is 26.3 Å². The van der Waals surface area contributed by atoms with Crippen molar-refractivity contribution in [3.63, 3.8) is 0 Å². The van der Waals surface area contributed by atoms with Gasteiger partial charge in [0, 0.05) is 6.54 Å². The number of rotatable bonds is 8. The summed E-state index contributed by atoms with van der Waals surface area (Å²) < 4.78 is 4.99. The van der Waals surface area contributed by atoms with Crippen molar-refractivity contribution in [2.24, 2.45) is 11.7 Å². The van der Waals surface area contributed by atoms with Crippen molar-refractivity contribution in [1.82, 2.24) is 5.32 Å². The van der Waals surface area contributed by atoms with Gasteiger partial charge in [0.2, 0.25) is 5.91 Å². The molecule has 1 amide bonds. The van der Waals surface area contributed by atoms with Crippen LogP contribution >= 0.6 is 0 Å². The molecule has 0 aromatic rings. The minimum atomic E-state index is -0.451. The van der Waals surface area contributed by atoms with Crippen LogP contribution in [0, 0.1) is 5.92 Å². The van der Waals surface area contributed by atoms with Gasteiger partial charge in [-0.15, -0.1) is 0 Å². The highest BCUT2D eigenvalue weighted by molar-refractivity contribution is 5.81. The first-order valence-corrected chi connectivity index (χ1v) is 5.35. The van der Waals surface area contributed by atoms with E-state index in [1.807, 2.05) is 13.8 Å². The second-order valence-corrected chi connectivity index (χ2v) is 3.54. The highest BCUT2D eigenvalue weighted by Crippen LogP contribution is 2.04. The Morgan fingerprint density at radius 2 is 2.20 bits per heavy atom. The molecule has 0 radical (unpaired) electrons. The molecule has 5 nitrogen and oxygen atoms in total. The number of carbonyl (C=O) groups excluding carboxylic acids is 1. The molecule has 0 heterocycles. The molecule has 4 N–H and O–H groups in total. The summed E-state index contributed by atoms with van der Waals surface area (Å²) in [7, 11) is 0. The number of carbonyl (C=O) groups is 1. The first-order chi connectivity index (χ1) is 7.13. The topological polar surface area (TPSA) is 84.6 Å². The lowest BCUT2D eigenvalue weighted by atomic mass is 9.99. The van der Waals surface area contributed by atoms with Crippen LogP contribution in [-0.4, -0.2) is 43.4 Å². The van der Waals surface area contributed by atoms with Gasteiger partial charge in [0.25, 0.3) is 0 Å². The molecule has 0 rings (SSSR count). The quantitative estimate of drug-likeness (QED) is 0.479. The number of hydrogen-bond acceptors (Lipinski definition) is 4. The molecule has 0 saturated heterocycles. The maximum atomic E-state index is 11.4. The Morgan fingerprint density at radius 1 is 1.53 bits per heavy atom. The molecule has 0 aliphatic heterocycles. The highest BCUT2D eigenvalue weighted by Gasteiger charge is 2.18. The van der Waals surface area contributed by atoms with Crippen molar-refractivity contribution >= 4 is 5.91 Å². The summed E-state index contributed by atoms with van der Waals surface area (Å²) in [4.78, 5) is 11.4. The molecule has 0 aliphatic carbocycles. The average Bonchev–Trinajstić information content (AvgIpc) is 2.26. The zero-order valence-corrected chi connectivity index (χ0v) is 9.53. The highest BCUT2D eigenvalue weighted by atomic mass is 16.5. The van der Waals surface area contributed by atoms with Crippen LogP contribution in [0.1, 0.15) is 20.3 Å². The third kappa shape index (κ3) is 6.43. The number of aliphatic hydroxyl groups is 1. The summed E-state index contributed by atoms with van der Waals surface area (Å²) in [6, 6.07) is -0.451. The second kappa shape index (κ2) is 8.64. The molecule has 0 aromatic carbocycles. The standard InChI is InChI=1S/C10H22N2O3/c1-3-8(2)9(11)10(14)12-4-6-15-7-5-13/h8-9,13H,3-7,11H2,1-2H3,(H,12,14). The van der Waals surface area contributed by atoms with Crippen LogP contribution in [0.4, 0.5) is 0 Å². The summed E-state index contributed by atoms with van der Waals surface area (Å²) >= 11 is 0. The molecule has 15 heavy (non-hydrogen) atoms. The van der Waals surface area contributed by atoms with Crippen molar-refractivity contribution in [1.29, 1.82) is 0 Å². The van der Waals surface area contributed by atoms with Crippen LogP contribution in [0.15, 0.2) is 0 Å². The molecule has 0 aromatic heterocycles. The summed E-state index contributed by atoms with van der Waals surface area (Å²) in [5.41, 5.74) is 5.72. The van der Waals surface area contributed by atoms with Crippen molar-refractivity contribution < 1.29 is 14.6 Å². The van der Waals surface area contributed by atoms with Gasteiger partial charge in [-0.25, -0.2) is 0 Å². The van der Waals surface area contributed by atoms with Gasteiger partial charge in [0.15, 0.2) is 0 Å². The first kappa shape index (κ1) is 14.3. The van der Waals surface area contributed by atoms with E-state index in [-0.39, 0.29) is 18.4 Å². The molecule has 0 saturated carbocycles. The maximum Gasteiger partial charge on any atom is 0.237 e. The fourth-order valence-corrected chi connectivity index (χ4v) is 1.04. The summed E-state index contributed by atoms with van der Waals surface area (Å²) in [6.07, 6.45) is 0.885. The number of nitrogens with one attached hydrogen (secondary N) is 1. The molecule has 2 unspecified atom stereocenters. The SMILES string of the molecule is CCC(C)C(N)C(=O)NCCOCCO. The summed E-state index contributed by atoms with van der Waals surface area (Å²) in [6.45, 7) is 5.09. The zero-order chi connectivity index (χ0) is 11.7. The number of aliphatic hydroxyl groups excluding tert-OH is 1. The Hall–Kier alpha value is -0.650. The molecular weight excluding hydrogens is 196 g/mol. The van der Waals surface area contributed by atoms with Gasteiger partial charge < -0.3 is 20.9 Å². The van der Waals surface area contributed by atoms with Gasteiger partial charge in [-0.1, -0.05) is 20.3 Å². The van der Waals surface area contributed by atoms with Gasteiger partial charge in [-0.2, -0.15) is 0 Å². The van der Waals surface area contributed by atoms with E-state index in [2.05, 4.69) is 5.32 Å².